The van der Waals surface area contributed by atoms with Crippen LogP contribution in [0.15, 0.2) is 12.3 Å². The molecule has 1 saturated carbocycles. The van der Waals surface area contributed by atoms with E-state index in [2.05, 4.69) is 0 Å². The zero-order valence-electron chi connectivity index (χ0n) is 9.72. The van der Waals surface area contributed by atoms with E-state index in [1.165, 1.54) is 0 Å². The zero-order chi connectivity index (χ0) is 12.4. The molecule has 1 heterocycles. The van der Waals surface area contributed by atoms with Gasteiger partial charge in [0.05, 0.1) is 5.69 Å². The van der Waals surface area contributed by atoms with Crippen LogP contribution in [0.1, 0.15) is 42.7 Å². The van der Waals surface area contributed by atoms with Gasteiger partial charge in [0.1, 0.15) is 11.8 Å². The molecule has 0 bridgehead atoms. The van der Waals surface area contributed by atoms with Crippen molar-refractivity contribution in [3.63, 3.8) is 0 Å². The summed E-state index contributed by atoms with van der Waals surface area (Å²) in [4.78, 5) is 11.9. The van der Waals surface area contributed by atoms with Crippen molar-refractivity contribution in [3.8, 4) is 6.07 Å². The molecule has 0 radical (unpaired) electrons. The second kappa shape index (κ2) is 4.50. The Morgan fingerprint density at radius 3 is 3.00 bits per heavy atom. The molecule has 2 N–H and O–H groups in total. The lowest BCUT2D eigenvalue weighted by Crippen LogP contribution is -2.18. The van der Waals surface area contributed by atoms with Crippen LogP contribution in [0.2, 0.25) is 0 Å². The summed E-state index contributed by atoms with van der Waals surface area (Å²) in [5.41, 5.74) is 6.68. The highest BCUT2D eigenvalue weighted by Crippen LogP contribution is 2.37. The number of anilines is 1. The Morgan fingerprint density at radius 2 is 2.47 bits per heavy atom. The second-order valence-corrected chi connectivity index (χ2v) is 4.23. The van der Waals surface area contributed by atoms with Crippen molar-refractivity contribution in [3.05, 3.63) is 18.0 Å². The van der Waals surface area contributed by atoms with Gasteiger partial charge in [0.15, 0.2) is 6.10 Å². The van der Waals surface area contributed by atoms with Crippen molar-refractivity contribution in [2.75, 3.05) is 5.73 Å². The predicted octanol–water partition coefficient (Wildman–Crippen LogP) is 1.86. The molecule has 1 aromatic heterocycles. The van der Waals surface area contributed by atoms with Gasteiger partial charge in [0, 0.05) is 12.2 Å². The summed E-state index contributed by atoms with van der Waals surface area (Å²) < 4.78 is 6.94. The van der Waals surface area contributed by atoms with Crippen LogP contribution in [0.25, 0.3) is 0 Å². The number of ether oxygens (including phenoxy) is 1. The molecule has 90 valence electrons. The Balaban J connectivity index is 2.16. The van der Waals surface area contributed by atoms with E-state index in [1.54, 1.807) is 19.2 Å². The normalized spacial score (nSPS) is 16.2. The van der Waals surface area contributed by atoms with E-state index >= 15 is 0 Å². The number of nitrogens with zero attached hydrogens (tertiary/aromatic N) is 2. The van der Waals surface area contributed by atoms with E-state index in [0.29, 0.717) is 23.8 Å². The minimum absolute atomic E-state index is 0.358. The van der Waals surface area contributed by atoms with Crippen LogP contribution in [-0.4, -0.2) is 16.6 Å². The van der Waals surface area contributed by atoms with Gasteiger partial charge in [-0.2, -0.15) is 5.26 Å². The standard InChI is InChI=1S/C12H15N3O2/c1-2-10(6-13)17-12(16)11-5-8(14)7-15(11)9-3-4-9/h5,7,9-10H,2-4,14H2,1H3. The monoisotopic (exact) mass is 233 g/mol. The Labute approximate surface area is 99.8 Å². The van der Waals surface area contributed by atoms with E-state index in [1.807, 2.05) is 10.6 Å². The fourth-order valence-corrected chi connectivity index (χ4v) is 1.71. The summed E-state index contributed by atoms with van der Waals surface area (Å²) >= 11 is 0. The van der Waals surface area contributed by atoms with Crippen LogP contribution in [-0.2, 0) is 4.74 Å². The van der Waals surface area contributed by atoms with Crippen LogP contribution in [0, 0.1) is 11.3 Å². The topological polar surface area (TPSA) is 81.0 Å². The van der Waals surface area contributed by atoms with E-state index < -0.39 is 12.1 Å². The number of aromatic nitrogens is 1. The average molecular weight is 233 g/mol. The summed E-state index contributed by atoms with van der Waals surface area (Å²) in [5.74, 6) is -0.470. The molecular weight excluding hydrogens is 218 g/mol. The first-order valence-electron chi connectivity index (χ1n) is 5.73. The van der Waals surface area contributed by atoms with Gasteiger partial charge >= 0.3 is 5.97 Å². The molecule has 1 fully saturated rings. The van der Waals surface area contributed by atoms with Gasteiger partial charge in [-0.25, -0.2) is 4.79 Å². The number of nitriles is 1. The summed E-state index contributed by atoms with van der Waals surface area (Å²) in [6.07, 6.45) is 3.67. The molecule has 0 amide bonds. The Morgan fingerprint density at radius 1 is 1.76 bits per heavy atom. The SMILES string of the molecule is CCC(C#N)OC(=O)c1cc(N)cn1C1CC1. The van der Waals surface area contributed by atoms with Crippen LogP contribution >= 0.6 is 0 Å². The number of carbonyl (C=O) groups excluding carboxylic acids is 1. The molecule has 5 nitrogen and oxygen atoms in total. The van der Waals surface area contributed by atoms with Crippen LogP contribution in [0.5, 0.6) is 0 Å². The summed E-state index contributed by atoms with van der Waals surface area (Å²) in [5, 5.41) is 8.76. The first-order chi connectivity index (χ1) is 8.15. The molecular formula is C12H15N3O2. The maximum atomic E-state index is 11.9. The van der Waals surface area contributed by atoms with Crippen molar-refractivity contribution < 1.29 is 9.53 Å². The molecule has 0 spiro atoms. The first-order valence-corrected chi connectivity index (χ1v) is 5.73. The van der Waals surface area contributed by atoms with Gasteiger partial charge in [0.25, 0.3) is 0 Å². The van der Waals surface area contributed by atoms with Gasteiger partial charge in [-0.05, 0) is 25.3 Å². The van der Waals surface area contributed by atoms with E-state index in [-0.39, 0.29) is 0 Å². The lowest BCUT2D eigenvalue weighted by molar-refractivity contribution is 0.0388. The summed E-state index contributed by atoms with van der Waals surface area (Å²) in [6, 6.07) is 3.90. The molecule has 2 rings (SSSR count). The van der Waals surface area contributed by atoms with Crippen LogP contribution in [0.3, 0.4) is 0 Å². The smallest absolute Gasteiger partial charge is 0.356 e. The predicted molar refractivity (Wildman–Crippen MR) is 62.2 cm³/mol. The highest BCUT2D eigenvalue weighted by Gasteiger charge is 2.29. The summed E-state index contributed by atoms with van der Waals surface area (Å²) in [6.45, 7) is 1.80. The zero-order valence-corrected chi connectivity index (χ0v) is 9.72. The van der Waals surface area contributed by atoms with Gasteiger partial charge < -0.3 is 15.0 Å². The number of carbonyl (C=O) groups is 1. The number of rotatable bonds is 4. The lowest BCUT2D eigenvalue weighted by Gasteiger charge is -2.10. The number of hydrogen-bond donors (Lipinski definition) is 1. The number of esters is 1. The number of nitrogen functional groups attached to an aromatic ring is 1. The van der Waals surface area contributed by atoms with Crippen LogP contribution < -0.4 is 5.73 Å². The molecule has 0 aliphatic heterocycles. The third-order valence-electron chi connectivity index (χ3n) is 2.78. The molecule has 0 saturated heterocycles. The molecule has 1 aliphatic rings. The molecule has 1 atom stereocenters. The minimum Gasteiger partial charge on any atom is -0.442 e. The maximum Gasteiger partial charge on any atom is 0.356 e. The average Bonchev–Trinajstić information content (AvgIpc) is 3.09. The van der Waals surface area contributed by atoms with E-state index in [0.717, 1.165) is 12.8 Å². The van der Waals surface area contributed by atoms with Crippen molar-refractivity contribution >= 4 is 11.7 Å². The first kappa shape index (κ1) is 11.5. The van der Waals surface area contributed by atoms with Gasteiger partial charge in [0.2, 0.25) is 0 Å². The quantitative estimate of drug-likeness (QED) is 0.805. The van der Waals surface area contributed by atoms with E-state index in [9.17, 15) is 4.79 Å². The highest BCUT2D eigenvalue weighted by molar-refractivity contribution is 5.89. The van der Waals surface area contributed by atoms with Crippen molar-refractivity contribution in [1.29, 1.82) is 5.26 Å². The van der Waals surface area contributed by atoms with Crippen molar-refractivity contribution in [2.45, 2.75) is 38.3 Å². The molecule has 1 aromatic rings. The Hall–Kier alpha value is -1.96. The van der Waals surface area contributed by atoms with Gasteiger partial charge in [-0.15, -0.1) is 0 Å². The summed E-state index contributed by atoms with van der Waals surface area (Å²) in [7, 11) is 0. The van der Waals surface area contributed by atoms with Crippen LogP contribution in [0.4, 0.5) is 5.69 Å². The molecule has 17 heavy (non-hydrogen) atoms. The Bertz CT molecular complexity index is 469. The fraction of sp³-hybridized carbons (Fsp3) is 0.500. The maximum absolute atomic E-state index is 11.9. The van der Waals surface area contributed by atoms with Crippen molar-refractivity contribution in [2.24, 2.45) is 0 Å². The van der Waals surface area contributed by atoms with Gasteiger partial charge in [-0.1, -0.05) is 6.92 Å². The van der Waals surface area contributed by atoms with Gasteiger partial charge in [-0.3, -0.25) is 0 Å². The molecule has 1 unspecified atom stereocenters. The number of hydrogen-bond acceptors (Lipinski definition) is 4. The minimum atomic E-state index is -0.689. The lowest BCUT2D eigenvalue weighted by atomic mass is 10.3. The molecule has 1 aliphatic carbocycles. The highest BCUT2D eigenvalue weighted by atomic mass is 16.5. The number of nitrogens with two attached hydrogens (primary N) is 1. The van der Waals surface area contributed by atoms with Crippen molar-refractivity contribution in [1.82, 2.24) is 4.57 Å². The molecule has 5 heteroatoms. The molecule has 0 aromatic carbocycles. The third kappa shape index (κ3) is 2.41. The second-order valence-electron chi connectivity index (χ2n) is 4.23. The Kier molecular flexibility index (Phi) is 3.05. The largest absolute Gasteiger partial charge is 0.442 e. The third-order valence-corrected chi connectivity index (χ3v) is 2.78. The van der Waals surface area contributed by atoms with E-state index in [4.69, 9.17) is 15.7 Å². The fourth-order valence-electron chi connectivity index (χ4n) is 1.71.